The van der Waals surface area contributed by atoms with E-state index in [1.807, 2.05) is 30.3 Å². The van der Waals surface area contributed by atoms with E-state index in [4.69, 9.17) is 18.6 Å². The fourth-order valence-corrected chi connectivity index (χ4v) is 5.67. The van der Waals surface area contributed by atoms with Crippen molar-refractivity contribution in [2.24, 2.45) is 5.92 Å². The van der Waals surface area contributed by atoms with Crippen LogP contribution in [0.2, 0.25) is 0 Å². The lowest BCUT2D eigenvalue weighted by Crippen LogP contribution is -2.40. The summed E-state index contributed by atoms with van der Waals surface area (Å²) in [6.45, 7) is 3.08. The Bertz CT molecular complexity index is 1310. The van der Waals surface area contributed by atoms with E-state index >= 15 is 0 Å². The Kier molecular flexibility index (Phi) is 6.48. The predicted octanol–water partition coefficient (Wildman–Crippen LogP) is 3.57. The van der Waals surface area contributed by atoms with E-state index in [9.17, 15) is 13.2 Å². The zero-order valence-corrected chi connectivity index (χ0v) is 20.1. The average molecular weight is 499 g/mol. The van der Waals surface area contributed by atoms with Crippen molar-refractivity contribution in [1.29, 1.82) is 0 Å². The Morgan fingerprint density at radius 3 is 2.51 bits per heavy atom. The molecule has 0 aliphatic carbocycles. The largest absolute Gasteiger partial charge is 0.486 e. The number of aryl methyl sites for hydroxylation is 1. The molecule has 5 rings (SSSR count). The number of benzene rings is 2. The molecule has 2 aromatic carbocycles. The molecule has 0 spiro atoms. The maximum Gasteiger partial charge on any atom is 0.309 e. The Morgan fingerprint density at radius 2 is 1.77 bits per heavy atom. The van der Waals surface area contributed by atoms with Crippen molar-refractivity contribution in [3.63, 3.8) is 0 Å². The van der Waals surface area contributed by atoms with Gasteiger partial charge in [0.2, 0.25) is 15.9 Å². The van der Waals surface area contributed by atoms with E-state index in [1.54, 1.807) is 13.0 Å². The third-order valence-electron chi connectivity index (χ3n) is 6.20. The number of oxazole rings is 1. The van der Waals surface area contributed by atoms with Crippen LogP contribution in [0, 0.1) is 12.8 Å². The van der Waals surface area contributed by atoms with Gasteiger partial charge in [-0.25, -0.2) is 13.4 Å². The summed E-state index contributed by atoms with van der Waals surface area (Å²) in [5.41, 5.74) is 1.41. The van der Waals surface area contributed by atoms with Gasteiger partial charge in [0, 0.05) is 24.7 Å². The first kappa shape index (κ1) is 23.4. The highest BCUT2D eigenvalue weighted by molar-refractivity contribution is 7.89. The van der Waals surface area contributed by atoms with Crippen LogP contribution in [0.25, 0.3) is 11.5 Å². The van der Waals surface area contributed by atoms with Crippen LogP contribution < -0.4 is 9.47 Å². The highest BCUT2D eigenvalue weighted by Gasteiger charge is 2.33. The number of fused-ring (bicyclic) bond motifs is 1. The second-order valence-electron chi connectivity index (χ2n) is 8.48. The third kappa shape index (κ3) is 4.89. The lowest BCUT2D eigenvalue weighted by Gasteiger charge is -2.30. The molecule has 0 bridgehead atoms. The fraction of sp³-hybridized carbons (Fsp3) is 0.360. The lowest BCUT2D eigenvalue weighted by atomic mass is 9.98. The van der Waals surface area contributed by atoms with Crippen LogP contribution in [0.4, 0.5) is 0 Å². The third-order valence-corrected chi connectivity index (χ3v) is 8.10. The van der Waals surface area contributed by atoms with Gasteiger partial charge in [0.25, 0.3) is 0 Å². The second-order valence-corrected chi connectivity index (χ2v) is 10.4. The normalized spacial score (nSPS) is 16.7. The van der Waals surface area contributed by atoms with Gasteiger partial charge in [-0.05, 0) is 44.0 Å². The van der Waals surface area contributed by atoms with Crippen molar-refractivity contribution >= 4 is 16.0 Å². The summed E-state index contributed by atoms with van der Waals surface area (Å²) in [6, 6.07) is 14.1. The molecule has 1 saturated heterocycles. The quantitative estimate of drug-likeness (QED) is 0.475. The highest BCUT2D eigenvalue weighted by atomic mass is 32.2. The zero-order chi connectivity index (χ0) is 24.4. The van der Waals surface area contributed by atoms with Crippen LogP contribution in [0.5, 0.6) is 11.5 Å². The standard InChI is InChI=1S/C25H26N2O7S/c1-17-21(26-24(34-17)18-5-3-2-4-6-18)16-33-25(28)19-9-11-27(12-10-19)35(29,30)20-7-8-22-23(15-20)32-14-13-31-22/h2-8,15,19H,9-14,16H2,1H3. The number of piperidine rings is 1. The Labute approximate surface area is 203 Å². The van der Waals surface area contributed by atoms with E-state index in [0.717, 1.165) is 5.56 Å². The Hall–Kier alpha value is -3.37. The molecule has 2 aliphatic rings. The molecule has 3 aromatic rings. The molecular formula is C25H26N2O7S. The number of rotatable bonds is 6. The molecule has 0 atom stereocenters. The number of carbonyl (C=O) groups is 1. The molecule has 184 valence electrons. The molecule has 10 heteroatoms. The molecule has 0 N–H and O–H groups in total. The van der Waals surface area contributed by atoms with Crippen molar-refractivity contribution in [1.82, 2.24) is 9.29 Å². The summed E-state index contributed by atoms with van der Waals surface area (Å²) >= 11 is 0. The summed E-state index contributed by atoms with van der Waals surface area (Å²) in [7, 11) is -3.71. The van der Waals surface area contributed by atoms with Gasteiger partial charge in [-0.1, -0.05) is 18.2 Å². The van der Waals surface area contributed by atoms with Crippen molar-refractivity contribution in [3.05, 3.63) is 60.0 Å². The molecule has 1 fully saturated rings. The van der Waals surface area contributed by atoms with Crippen LogP contribution in [0.15, 0.2) is 57.8 Å². The first-order valence-corrected chi connectivity index (χ1v) is 12.9. The summed E-state index contributed by atoms with van der Waals surface area (Å²) < 4.78 is 49.8. The second kappa shape index (κ2) is 9.71. The van der Waals surface area contributed by atoms with Crippen molar-refractivity contribution < 1.29 is 31.8 Å². The summed E-state index contributed by atoms with van der Waals surface area (Å²) in [4.78, 5) is 17.3. The molecule has 0 unspecified atom stereocenters. The van der Waals surface area contributed by atoms with Crippen molar-refractivity contribution in [2.75, 3.05) is 26.3 Å². The summed E-state index contributed by atoms with van der Waals surface area (Å²) in [6.07, 6.45) is 0.769. The predicted molar refractivity (Wildman–Crippen MR) is 125 cm³/mol. The maximum atomic E-state index is 13.1. The Morgan fingerprint density at radius 1 is 1.06 bits per heavy atom. The van der Waals surface area contributed by atoms with Gasteiger partial charge in [-0.3, -0.25) is 4.79 Å². The highest BCUT2D eigenvalue weighted by Crippen LogP contribution is 2.34. The number of nitrogens with zero attached hydrogens (tertiary/aromatic N) is 2. The number of hydrogen-bond donors (Lipinski definition) is 0. The van der Waals surface area contributed by atoms with Gasteiger partial charge >= 0.3 is 5.97 Å². The summed E-state index contributed by atoms with van der Waals surface area (Å²) in [5, 5.41) is 0. The number of sulfonamides is 1. The van der Waals surface area contributed by atoms with Gasteiger partial charge in [-0.15, -0.1) is 0 Å². The van der Waals surface area contributed by atoms with Crippen LogP contribution >= 0.6 is 0 Å². The van der Waals surface area contributed by atoms with Crippen LogP contribution in [-0.4, -0.2) is 50.0 Å². The van der Waals surface area contributed by atoms with Crippen molar-refractivity contribution in [2.45, 2.75) is 31.3 Å². The molecule has 35 heavy (non-hydrogen) atoms. The minimum Gasteiger partial charge on any atom is -0.486 e. The molecule has 0 radical (unpaired) electrons. The minimum absolute atomic E-state index is 0.0106. The maximum absolute atomic E-state index is 13.1. The SMILES string of the molecule is Cc1oc(-c2ccccc2)nc1COC(=O)C1CCN(S(=O)(=O)c2ccc3c(c2)OCCO3)CC1. The topological polar surface area (TPSA) is 108 Å². The first-order valence-electron chi connectivity index (χ1n) is 11.5. The molecule has 2 aliphatic heterocycles. The molecule has 1 aromatic heterocycles. The van der Waals surface area contributed by atoms with Crippen molar-refractivity contribution in [3.8, 4) is 23.0 Å². The Balaban J connectivity index is 1.17. The smallest absolute Gasteiger partial charge is 0.309 e. The molecular weight excluding hydrogens is 472 g/mol. The fourth-order valence-electron chi connectivity index (χ4n) is 4.19. The van der Waals surface area contributed by atoms with E-state index in [-0.39, 0.29) is 36.5 Å². The van der Waals surface area contributed by atoms with Crippen LogP contribution in [0.3, 0.4) is 0 Å². The van der Waals surface area contributed by atoms with E-state index in [1.165, 1.54) is 16.4 Å². The monoisotopic (exact) mass is 498 g/mol. The summed E-state index contributed by atoms with van der Waals surface area (Å²) in [5.74, 6) is 1.31. The van der Waals surface area contributed by atoms with Gasteiger partial charge < -0.3 is 18.6 Å². The van der Waals surface area contributed by atoms with Gasteiger partial charge in [0.15, 0.2) is 11.5 Å². The van der Waals surface area contributed by atoms with Gasteiger partial charge in [0.05, 0.1) is 10.8 Å². The number of ether oxygens (including phenoxy) is 3. The number of esters is 1. The zero-order valence-electron chi connectivity index (χ0n) is 19.3. The van der Waals surface area contributed by atoms with Crippen LogP contribution in [-0.2, 0) is 26.2 Å². The first-order chi connectivity index (χ1) is 16.9. The number of aromatic nitrogens is 1. The number of carbonyl (C=O) groups excluding carboxylic acids is 1. The van der Waals surface area contributed by atoms with E-state index < -0.39 is 10.0 Å². The minimum atomic E-state index is -3.71. The van der Waals surface area contributed by atoms with E-state index in [2.05, 4.69) is 4.98 Å². The molecule has 0 amide bonds. The van der Waals surface area contributed by atoms with Gasteiger partial charge in [-0.2, -0.15) is 4.31 Å². The molecule has 9 nitrogen and oxygen atoms in total. The number of hydrogen-bond acceptors (Lipinski definition) is 8. The van der Waals surface area contributed by atoms with Crippen LogP contribution in [0.1, 0.15) is 24.3 Å². The van der Waals surface area contributed by atoms with E-state index in [0.29, 0.717) is 54.9 Å². The molecule has 0 saturated carbocycles. The lowest BCUT2D eigenvalue weighted by molar-refractivity contribution is -0.151. The van der Waals surface area contributed by atoms with Gasteiger partial charge in [0.1, 0.15) is 31.3 Å². The molecule has 3 heterocycles. The average Bonchev–Trinajstić information content (AvgIpc) is 3.28.